The zero-order chi connectivity index (χ0) is 16.2. The highest BCUT2D eigenvalue weighted by molar-refractivity contribution is 6.04. The molecule has 0 aromatic heterocycles. The predicted molar refractivity (Wildman–Crippen MR) is 83.2 cm³/mol. The summed E-state index contributed by atoms with van der Waals surface area (Å²) >= 11 is 0. The number of carboxylic acids is 1. The van der Waals surface area contributed by atoms with Crippen LogP contribution in [0.2, 0.25) is 0 Å². The van der Waals surface area contributed by atoms with E-state index in [0.29, 0.717) is 41.5 Å². The molecule has 1 aliphatic heterocycles. The molecular formula is C17H15NO5. The van der Waals surface area contributed by atoms with Crippen LogP contribution in [0, 0.1) is 0 Å². The molecule has 3 rings (SSSR count). The highest BCUT2D eigenvalue weighted by Gasteiger charge is 2.15. The first-order valence-electron chi connectivity index (χ1n) is 7.13. The number of fused-ring (bicyclic) bond motifs is 1. The number of aliphatic carboxylic acids is 1. The second-order valence-electron chi connectivity index (χ2n) is 5.08. The van der Waals surface area contributed by atoms with Gasteiger partial charge in [0.15, 0.2) is 11.5 Å². The van der Waals surface area contributed by atoms with Crippen LogP contribution in [0.5, 0.6) is 11.5 Å². The molecule has 0 spiro atoms. The number of nitrogens with one attached hydrogen (secondary N) is 1. The Bertz CT molecular complexity index is 739. The molecule has 2 aromatic rings. The van der Waals surface area contributed by atoms with Gasteiger partial charge in [-0.15, -0.1) is 0 Å². The molecule has 0 fully saturated rings. The van der Waals surface area contributed by atoms with Crippen molar-refractivity contribution < 1.29 is 24.2 Å². The third-order valence-corrected chi connectivity index (χ3v) is 3.37. The topological polar surface area (TPSA) is 84.9 Å². The van der Waals surface area contributed by atoms with Gasteiger partial charge in [-0.25, -0.2) is 0 Å². The molecule has 1 heterocycles. The van der Waals surface area contributed by atoms with E-state index in [-0.39, 0.29) is 12.3 Å². The standard InChI is InChI=1S/C17H15NO5/c19-16(20)9-11-1-4-13(5-2-11)18-17(21)12-3-6-14-15(10-12)23-8-7-22-14/h1-6,10H,7-9H2,(H,18,21)(H,19,20). The lowest BCUT2D eigenvalue weighted by atomic mass is 10.1. The molecule has 2 aromatic carbocycles. The van der Waals surface area contributed by atoms with Crippen LogP contribution in [0.15, 0.2) is 42.5 Å². The fraction of sp³-hybridized carbons (Fsp3) is 0.176. The van der Waals surface area contributed by atoms with Gasteiger partial charge in [0.2, 0.25) is 0 Å². The molecule has 0 unspecified atom stereocenters. The Kier molecular flexibility index (Phi) is 4.14. The van der Waals surface area contributed by atoms with E-state index < -0.39 is 5.97 Å². The number of rotatable bonds is 4. The summed E-state index contributed by atoms with van der Waals surface area (Å²) < 4.78 is 10.9. The van der Waals surface area contributed by atoms with Crippen molar-refractivity contribution in [2.45, 2.75) is 6.42 Å². The van der Waals surface area contributed by atoms with Crippen LogP contribution < -0.4 is 14.8 Å². The molecule has 0 saturated heterocycles. The largest absolute Gasteiger partial charge is 0.486 e. The lowest BCUT2D eigenvalue weighted by molar-refractivity contribution is -0.136. The van der Waals surface area contributed by atoms with Crippen molar-refractivity contribution in [1.29, 1.82) is 0 Å². The number of hydrogen-bond acceptors (Lipinski definition) is 4. The van der Waals surface area contributed by atoms with E-state index in [1.807, 2.05) is 0 Å². The van der Waals surface area contributed by atoms with E-state index in [0.717, 1.165) is 0 Å². The zero-order valence-corrected chi connectivity index (χ0v) is 12.2. The zero-order valence-electron chi connectivity index (χ0n) is 12.2. The SMILES string of the molecule is O=C(O)Cc1ccc(NC(=O)c2ccc3c(c2)OCCO3)cc1. The van der Waals surface area contributed by atoms with Gasteiger partial charge in [0.05, 0.1) is 6.42 Å². The fourth-order valence-electron chi connectivity index (χ4n) is 2.27. The van der Waals surface area contributed by atoms with Crippen LogP contribution in [0.3, 0.4) is 0 Å². The summed E-state index contributed by atoms with van der Waals surface area (Å²) in [7, 11) is 0. The summed E-state index contributed by atoms with van der Waals surface area (Å²) in [4.78, 5) is 22.9. The second-order valence-corrected chi connectivity index (χ2v) is 5.08. The van der Waals surface area contributed by atoms with Crippen LogP contribution in [0.1, 0.15) is 15.9 Å². The van der Waals surface area contributed by atoms with Gasteiger partial charge in [-0.1, -0.05) is 12.1 Å². The van der Waals surface area contributed by atoms with Crippen molar-refractivity contribution in [3.8, 4) is 11.5 Å². The summed E-state index contributed by atoms with van der Waals surface area (Å²) in [5.74, 6) is 0.0255. The predicted octanol–water partition coefficient (Wildman–Crippen LogP) is 2.34. The average Bonchev–Trinajstić information content (AvgIpc) is 2.55. The molecule has 2 N–H and O–H groups in total. The molecule has 0 radical (unpaired) electrons. The average molecular weight is 313 g/mol. The number of ether oxygens (including phenoxy) is 2. The normalized spacial score (nSPS) is 12.5. The smallest absolute Gasteiger partial charge is 0.307 e. The molecule has 0 aliphatic carbocycles. The van der Waals surface area contributed by atoms with Crippen LogP contribution in [-0.4, -0.2) is 30.2 Å². The van der Waals surface area contributed by atoms with Gasteiger partial charge in [0.25, 0.3) is 5.91 Å². The maximum Gasteiger partial charge on any atom is 0.307 e. The van der Waals surface area contributed by atoms with E-state index in [9.17, 15) is 9.59 Å². The third kappa shape index (κ3) is 3.60. The summed E-state index contributed by atoms with van der Waals surface area (Å²) in [6.07, 6.45) is -0.0453. The molecular weight excluding hydrogens is 298 g/mol. The van der Waals surface area contributed by atoms with Gasteiger partial charge in [-0.3, -0.25) is 9.59 Å². The Labute approximate surface area is 132 Å². The lowest BCUT2D eigenvalue weighted by Crippen LogP contribution is -2.17. The first-order chi connectivity index (χ1) is 11.1. The second kappa shape index (κ2) is 6.39. The molecule has 1 amide bonds. The van der Waals surface area contributed by atoms with E-state index in [1.165, 1.54) is 0 Å². The highest BCUT2D eigenvalue weighted by Crippen LogP contribution is 2.30. The summed E-state index contributed by atoms with van der Waals surface area (Å²) in [6.45, 7) is 0.963. The van der Waals surface area contributed by atoms with E-state index in [1.54, 1.807) is 42.5 Å². The van der Waals surface area contributed by atoms with Crippen LogP contribution >= 0.6 is 0 Å². The number of carbonyl (C=O) groups is 2. The van der Waals surface area contributed by atoms with Gasteiger partial charge in [0.1, 0.15) is 13.2 Å². The molecule has 118 valence electrons. The van der Waals surface area contributed by atoms with Gasteiger partial charge < -0.3 is 19.9 Å². The maximum atomic E-state index is 12.3. The van der Waals surface area contributed by atoms with Gasteiger partial charge >= 0.3 is 5.97 Å². The minimum absolute atomic E-state index is 0.0453. The first-order valence-corrected chi connectivity index (χ1v) is 7.13. The summed E-state index contributed by atoms with van der Waals surface area (Å²) in [5.41, 5.74) is 1.73. The van der Waals surface area contributed by atoms with Crippen molar-refractivity contribution in [2.24, 2.45) is 0 Å². The summed E-state index contributed by atoms with van der Waals surface area (Å²) in [5, 5.41) is 11.5. The molecule has 6 heteroatoms. The first kappa shape index (κ1) is 14.9. The van der Waals surface area contributed by atoms with Crippen molar-refractivity contribution in [3.05, 3.63) is 53.6 Å². The quantitative estimate of drug-likeness (QED) is 0.905. The maximum absolute atomic E-state index is 12.3. The van der Waals surface area contributed by atoms with Gasteiger partial charge in [0, 0.05) is 11.3 Å². The van der Waals surface area contributed by atoms with Crippen LogP contribution in [-0.2, 0) is 11.2 Å². The minimum Gasteiger partial charge on any atom is -0.486 e. The number of amides is 1. The van der Waals surface area contributed by atoms with E-state index >= 15 is 0 Å². The van der Waals surface area contributed by atoms with Crippen molar-refractivity contribution in [3.63, 3.8) is 0 Å². The van der Waals surface area contributed by atoms with Crippen molar-refractivity contribution in [2.75, 3.05) is 18.5 Å². The number of anilines is 1. The summed E-state index contributed by atoms with van der Waals surface area (Å²) in [6, 6.07) is 11.7. The van der Waals surface area contributed by atoms with Crippen LogP contribution in [0.4, 0.5) is 5.69 Å². The molecule has 0 atom stereocenters. The highest BCUT2D eigenvalue weighted by atomic mass is 16.6. The minimum atomic E-state index is -0.891. The van der Waals surface area contributed by atoms with Crippen molar-refractivity contribution in [1.82, 2.24) is 0 Å². The molecule has 0 saturated carbocycles. The molecule has 0 bridgehead atoms. The monoisotopic (exact) mass is 313 g/mol. The number of hydrogen-bond donors (Lipinski definition) is 2. The van der Waals surface area contributed by atoms with E-state index in [2.05, 4.69) is 5.32 Å². The Hall–Kier alpha value is -3.02. The Morgan fingerprint density at radius 1 is 1.00 bits per heavy atom. The number of benzene rings is 2. The van der Waals surface area contributed by atoms with Crippen molar-refractivity contribution >= 4 is 17.6 Å². The van der Waals surface area contributed by atoms with Gasteiger partial charge in [-0.05, 0) is 35.9 Å². The Morgan fingerprint density at radius 2 is 1.70 bits per heavy atom. The molecule has 1 aliphatic rings. The lowest BCUT2D eigenvalue weighted by Gasteiger charge is -2.18. The van der Waals surface area contributed by atoms with Gasteiger partial charge in [-0.2, -0.15) is 0 Å². The van der Waals surface area contributed by atoms with E-state index in [4.69, 9.17) is 14.6 Å². The fourth-order valence-corrected chi connectivity index (χ4v) is 2.27. The molecule has 23 heavy (non-hydrogen) atoms. The Balaban J connectivity index is 1.70. The van der Waals surface area contributed by atoms with Crippen LogP contribution in [0.25, 0.3) is 0 Å². The number of carbonyl (C=O) groups excluding carboxylic acids is 1. The molecule has 6 nitrogen and oxygen atoms in total. The number of carboxylic acid groups (broad SMARTS) is 1. The Morgan fingerprint density at radius 3 is 2.39 bits per heavy atom. The third-order valence-electron chi connectivity index (χ3n) is 3.37.